The molecule has 5 aromatic carbocycles. The fourth-order valence-corrected chi connectivity index (χ4v) is 4.29. The van der Waals surface area contributed by atoms with E-state index >= 15 is 0 Å². The highest BCUT2D eigenvalue weighted by Gasteiger charge is 2.20. The zero-order valence-electron chi connectivity index (χ0n) is 16.8. The number of nitrogens with zero attached hydrogens (tertiary/aromatic N) is 1. The van der Waals surface area contributed by atoms with E-state index in [9.17, 15) is 20.3 Å². The summed E-state index contributed by atoms with van der Waals surface area (Å²) in [5.41, 5.74) is 9.23. The monoisotopic (exact) mass is 422 g/mol. The van der Waals surface area contributed by atoms with Crippen molar-refractivity contribution >= 4 is 32.9 Å². The van der Waals surface area contributed by atoms with Crippen LogP contribution in [0.25, 0.3) is 43.8 Å². The Kier molecular flexibility index (Phi) is 4.41. The molecule has 0 amide bonds. The Morgan fingerprint density at radius 1 is 0.656 bits per heavy atom. The van der Waals surface area contributed by atoms with Crippen LogP contribution in [0.3, 0.4) is 0 Å². The van der Waals surface area contributed by atoms with Crippen molar-refractivity contribution in [1.82, 2.24) is 0 Å². The summed E-state index contributed by atoms with van der Waals surface area (Å²) >= 11 is 0. The van der Waals surface area contributed by atoms with Crippen LogP contribution in [0.2, 0.25) is 0 Å². The molecule has 5 rings (SSSR count). The van der Waals surface area contributed by atoms with Crippen molar-refractivity contribution in [2.75, 3.05) is 5.73 Å². The highest BCUT2D eigenvalue weighted by atomic mass is 16.6. The van der Waals surface area contributed by atoms with E-state index < -0.39 is 4.92 Å². The molecule has 0 aliphatic heterocycles. The van der Waals surface area contributed by atoms with Crippen molar-refractivity contribution in [3.8, 4) is 33.8 Å². The number of phenolic OH excluding ortho intramolecular Hbond substituents is 2. The fraction of sp³-hybridized carbons (Fsp3) is 0. The second kappa shape index (κ2) is 7.28. The molecule has 0 saturated heterocycles. The molecule has 0 heterocycles. The Bertz CT molecular complexity index is 1490. The summed E-state index contributed by atoms with van der Waals surface area (Å²) in [6.45, 7) is 0. The predicted octanol–water partition coefficient (Wildman–Crippen LogP) is 6.23. The molecule has 4 N–H and O–H groups in total. The van der Waals surface area contributed by atoms with Gasteiger partial charge in [-0.2, -0.15) is 0 Å². The maximum absolute atomic E-state index is 11.4. The first-order valence-corrected chi connectivity index (χ1v) is 9.96. The minimum absolute atomic E-state index is 0.0235. The van der Waals surface area contributed by atoms with Crippen molar-refractivity contribution in [3.63, 3.8) is 0 Å². The first kappa shape index (κ1) is 19.4. The second-order valence-electron chi connectivity index (χ2n) is 7.58. The van der Waals surface area contributed by atoms with E-state index in [0.717, 1.165) is 38.2 Å². The van der Waals surface area contributed by atoms with Gasteiger partial charge in [0, 0.05) is 6.07 Å². The molecule has 5 aromatic rings. The Labute approximate surface area is 182 Å². The lowest BCUT2D eigenvalue weighted by atomic mass is 9.86. The SMILES string of the molecule is Nc1cc(-c2c3ccccc3c(-c3ccc(O)c([N+](=O)[O-])c3)c3ccccc23)ccc1O. The highest BCUT2D eigenvalue weighted by Crippen LogP contribution is 2.45. The second-order valence-corrected chi connectivity index (χ2v) is 7.58. The average molecular weight is 422 g/mol. The number of aromatic hydroxyl groups is 2. The number of nitro groups is 1. The molecule has 0 fully saturated rings. The van der Waals surface area contributed by atoms with E-state index in [1.807, 2.05) is 54.6 Å². The summed E-state index contributed by atoms with van der Waals surface area (Å²) in [6.07, 6.45) is 0. The number of phenols is 2. The molecule has 0 atom stereocenters. The quantitative estimate of drug-likeness (QED) is 0.105. The van der Waals surface area contributed by atoms with E-state index in [0.29, 0.717) is 5.56 Å². The van der Waals surface area contributed by atoms with E-state index in [4.69, 9.17) is 5.73 Å². The van der Waals surface area contributed by atoms with Gasteiger partial charge in [-0.3, -0.25) is 10.1 Å². The number of rotatable bonds is 3. The van der Waals surface area contributed by atoms with Gasteiger partial charge >= 0.3 is 5.69 Å². The Morgan fingerprint density at radius 2 is 1.09 bits per heavy atom. The zero-order chi connectivity index (χ0) is 22.4. The maximum atomic E-state index is 11.4. The zero-order valence-corrected chi connectivity index (χ0v) is 16.8. The molecular weight excluding hydrogens is 404 g/mol. The molecule has 0 unspecified atom stereocenters. The molecular formula is C26H18N2O4. The van der Waals surface area contributed by atoms with Gasteiger partial charge in [0.25, 0.3) is 0 Å². The van der Waals surface area contributed by atoms with Crippen molar-refractivity contribution in [1.29, 1.82) is 0 Å². The molecule has 6 heteroatoms. The molecule has 32 heavy (non-hydrogen) atoms. The van der Waals surface area contributed by atoms with Crippen LogP contribution in [-0.4, -0.2) is 15.1 Å². The molecule has 0 bridgehead atoms. The summed E-state index contributed by atoms with van der Waals surface area (Å²) in [5.74, 6) is -0.348. The molecule has 0 spiro atoms. The van der Waals surface area contributed by atoms with Gasteiger partial charge in [0.2, 0.25) is 0 Å². The third-order valence-electron chi connectivity index (χ3n) is 5.71. The lowest BCUT2D eigenvalue weighted by Gasteiger charge is -2.18. The summed E-state index contributed by atoms with van der Waals surface area (Å²) in [5, 5.41) is 35.0. The van der Waals surface area contributed by atoms with E-state index in [1.54, 1.807) is 18.2 Å². The Balaban J connectivity index is 1.94. The van der Waals surface area contributed by atoms with Crippen LogP contribution < -0.4 is 5.73 Å². The molecule has 0 saturated carbocycles. The van der Waals surface area contributed by atoms with Crippen LogP contribution in [0.4, 0.5) is 11.4 Å². The van der Waals surface area contributed by atoms with Gasteiger partial charge in [0.1, 0.15) is 5.75 Å². The number of fused-ring (bicyclic) bond motifs is 2. The summed E-state index contributed by atoms with van der Waals surface area (Å²) in [7, 11) is 0. The van der Waals surface area contributed by atoms with Gasteiger partial charge in [-0.05, 0) is 62.0 Å². The average Bonchev–Trinajstić information content (AvgIpc) is 2.79. The van der Waals surface area contributed by atoms with Gasteiger partial charge in [0.05, 0.1) is 10.6 Å². The number of nitrogen functional groups attached to an aromatic ring is 1. The van der Waals surface area contributed by atoms with Crippen molar-refractivity contribution in [3.05, 3.63) is 95.0 Å². The van der Waals surface area contributed by atoms with Gasteiger partial charge in [-0.15, -0.1) is 0 Å². The Morgan fingerprint density at radius 3 is 1.53 bits per heavy atom. The van der Waals surface area contributed by atoms with Crippen LogP contribution >= 0.6 is 0 Å². The Hall–Kier alpha value is -4.58. The van der Waals surface area contributed by atoms with Gasteiger partial charge < -0.3 is 15.9 Å². The first-order chi connectivity index (χ1) is 15.5. The summed E-state index contributed by atoms with van der Waals surface area (Å²) in [4.78, 5) is 10.9. The molecule has 0 radical (unpaired) electrons. The fourth-order valence-electron chi connectivity index (χ4n) is 4.29. The summed E-state index contributed by atoms with van der Waals surface area (Å²) < 4.78 is 0. The van der Waals surface area contributed by atoms with Gasteiger partial charge in [-0.1, -0.05) is 60.7 Å². The van der Waals surface area contributed by atoms with E-state index in [-0.39, 0.29) is 22.9 Å². The number of hydrogen-bond acceptors (Lipinski definition) is 5. The predicted molar refractivity (Wildman–Crippen MR) is 127 cm³/mol. The lowest BCUT2D eigenvalue weighted by Crippen LogP contribution is -1.93. The summed E-state index contributed by atoms with van der Waals surface area (Å²) in [6, 6.07) is 25.3. The molecule has 0 aliphatic carbocycles. The molecule has 156 valence electrons. The number of anilines is 1. The van der Waals surface area contributed by atoms with E-state index in [1.165, 1.54) is 12.1 Å². The smallest absolute Gasteiger partial charge is 0.311 e. The van der Waals surface area contributed by atoms with Crippen LogP contribution in [-0.2, 0) is 0 Å². The normalized spacial score (nSPS) is 11.1. The minimum atomic E-state index is -0.587. The standard InChI is InChI=1S/C26H18N2O4/c27-21-13-15(9-11-23(21)29)25-17-5-1-3-7-19(17)26(20-8-4-2-6-18(20)25)16-10-12-24(30)22(14-16)28(31)32/h1-14,29-30H,27H2. The van der Waals surface area contributed by atoms with Crippen LogP contribution in [0.5, 0.6) is 11.5 Å². The largest absolute Gasteiger partial charge is 0.506 e. The molecule has 0 aliphatic rings. The van der Waals surface area contributed by atoms with Crippen LogP contribution in [0.15, 0.2) is 84.9 Å². The highest BCUT2D eigenvalue weighted by molar-refractivity contribution is 6.21. The third-order valence-corrected chi connectivity index (χ3v) is 5.71. The first-order valence-electron chi connectivity index (χ1n) is 9.96. The van der Waals surface area contributed by atoms with Gasteiger partial charge in [-0.25, -0.2) is 0 Å². The van der Waals surface area contributed by atoms with Crippen molar-refractivity contribution in [2.45, 2.75) is 0 Å². The van der Waals surface area contributed by atoms with Crippen LogP contribution in [0.1, 0.15) is 0 Å². The molecule has 0 aromatic heterocycles. The third kappa shape index (κ3) is 2.97. The minimum Gasteiger partial charge on any atom is -0.506 e. The molecule has 6 nitrogen and oxygen atoms in total. The van der Waals surface area contributed by atoms with E-state index in [2.05, 4.69) is 0 Å². The number of nitrogens with two attached hydrogens (primary N) is 1. The maximum Gasteiger partial charge on any atom is 0.311 e. The van der Waals surface area contributed by atoms with Crippen molar-refractivity contribution in [2.24, 2.45) is 0 Å². The lowest BCUT2D eigenvalue weighted by molar-refractivity contribution is -0.385. The number of nitro benzene ring substituents is 1. The van der Waals surface area contributed by atoms with Crippen LogP contribution in [0, 0.1) is 10.1 Å². The number of hydrogen-bond donors (Lipinski definition) is 3. The number of benzene rings is 5. The topological polar surface area (TPSA) is 110 Å². The van der Waals surface area contributed by atoms with Crippen molar-refractivity contribution < 1.29 is 15.1 Å². The van der Waals surface area contributed by atoms with Gasteiger partial charge in [0.15, 0.2) is 5.75 Å².